The number of halogens is 1. The van der Waals surface area contributed by atoms with Crippen molar-refractivity contribution in [1.29, 1.82) is 0 Å². The molecular weight excluding hydrogens is 247 g/mol. The van der Waals surface area contributed by atoms with Gasteiger partial charge in [-0.3, -0.25) is 0 Å². The molecule has 1 heterocycles. The van der Waals surface area contributed by atoms with Crippen LogP contribution in [0.15, 0.2) is 29.6 Å². The zero-order valence-corrected chi connectivity index (χ0v) is 11.4. The number of rotatable bonds is 4. The van der Waals surface area contributed by atoms with Crippen LogP contribution in [0.4, 0.5) is 15.8 Å². The van der Waals surface area contributed by atoms with Crippen molar-refractivity contribution in [2.45, 2.75) is 13.3 Å². The molecule has 0 bridgehead atoms. The quantitative estimate of drug-likeness (QED) is 0.857. The Bertz CT molecular complexity index is 536. The standard InChI is InChI=1S/C14H17FN2S/c1-10-6-8-18-14(10)5-7-17(2)13-4-3-11(15)9-12(13)16/h3-4,6,8-9H,5,7,16H2,1-2H3. The minimum absolute atomic E-state index is 0.293. The van der Waals surface area contributed by atoms with Gasteiger partial charge in [-0.25, -0.2) is 4.39 Å². The molecular formula is C14H17FN2S. The largest absolute Gasteiger partial charge is 0.397 e. The summed E-state index contributed by atoms with van der Waals surface area (Å²) in [5.74, 6) is -0.293. The maximum Gasteiger partial charge on any atom is 0.125 e. The molecule has 0 aliphatic heterocycles. The molecule has 1 aromatic heterocycles. The fraction of sp³-hybridized carbons (Fsp3) is 0.286. The number of nitrogen functional groups attached to an aromatic ring is 1. The normalized spacial score (nSPS) is 10.6. The molecule has 2 aromatic rings. The molecule has 0 aliphatic rings. The topological polar surface area (TPSA) is 29.3 Å². The molecule has 2 nitrogen and oxygen atoms in total. The van der Waals surface area contributed by atoms with Gasteiger partial charge in [-0.05, 0) is 48.6 Å². The molecule has 2 rings (SSSR count). The number of likely N-dealkylation sites (N-methyl/N-ethyl adjacent to an activating group) is 1. The molecule has 2 N–H and O–H groups in total. The summed E-state index contributed by atoms with van der Waals surface area (Å²) in [6.45, 7) is 3.00. The average molecular weight is 264 g/mol. The Morgan fingerprint density at radius 3 is 2.72 bits per heavy atom. The second-order valence-electron chi connectivity index (χ2n) is 4.40. The van der Waals surface area contributed by atoms with E-state index in [0.29, 0.717) is 5.69 Å². The summed E-state index contributed by atoms with van der Waals surface area (Å²) < 4.78 is 13.0. The lowest BCUT2D eigenvalue weighted by atomic mass is 10.2. The van der Waals surface area contributed by atoms with Crippen molar-refractivity contribution in [3.8, 4) is 0 Å². The minimum atomic E-state index is -0.293. The van der Waals surface area contributed by atoms with Gasteiger partial charge in [0.1, 0.15) is 5.82 Å². The van der Waals surface area contributed by atoms with E-state index in [1.54, 1.807) is 17.4 Å². The first kappa shape index (κ1) is 12.9. The van der Waals surface area contributed by atoms with E-state index in [9.17, 15) is 4.39 Å². The van der Waals surface area contributed by atoms with Crippen LogP contribution in [-0.4, -0.2) is 13.6 Å². The van der Waals surface area contributed by atoms with Crippen LogP contribution in [0.1, 0.15) is 10.4 Å². The summed E-state index contributed by atoms with van der Waals surface area (Å²) in [6, 6.07) is 6.67. The van der Waals surface area contributed by atoms with Gasteiger partial charge in [0.05, 0.1) is 11.4 Å². The van der Waals surface area contributed by atoms with Crippen LogP contribution in [-0.2, 0) is 6.42 Å². The van der Waals surface area contributed by atoms with Crippen LogP contribution in [0.3, 0.4) is 0 Å². The van der Waals surface area contributed by atoms with Crippen molar-refractivity contribution < 1.29 is 4.39 Å². The van der Waals surface area contributed by atoms with Gasteiger partial charge in [-0.2, -0.15) is 0 Å². The van der Waals surface area contributed by atoms with Crippen molar-refractivity contribution in [2.24, 2.45) is 0 Å². The van der Waals surface area contributed by atoms with E-state index in [1.165, 1.54) is 22.6 Å². The molecule has 0 spiro atoms. The van der Waals surface area contributed by atoms with Gasteiger partial charge >= 0.3 is 0 Å². The molecule has 96 valence electrons. The summed E-state index contributed by atoms with van der Waals surface area (Å²) in [5, 5.41) is 2.11. The van der Waals surface area contributed by atoms with Crippen LogP contribution in [0.25, 0.3) is 0 Å². The number of nitrogens with two attached hydrogens (primary N) is 1. The first-order valence-corrected chi connectivity index (χ1v) is 6.75. The Morgan fingerprint density at radius 2 is 2.11 bits per heavy atom. The van der Waals surface area contributed by atoms with Gasteiger partial charge in [0.25, 0.3) is 0 Å². The van der Waals surface area contributed by atoms with Gasteiger partial charge < -0.3 is 10.6 Å². The smallest absolute Gasteiger partial charge is 0.125 e. The average Bonchev–Trinajstić information content (AvgIpc) is 2.72. The predicted molar refractivity (Wildman–Crippen MR) is 76.8 cm³/mol. The molecule has 0 atom stereocenters. The van der Waals surface area contributed by atoms with Gasteiger partial charge in [-0.15, -0.1) is 11.3 Å². The number of benzene rings is 1. The van der Waals surface area contributed by atoms with Gasteiger partial charge in [0, 0.05) is 18.5 Å². The number of hydrogen-bond donors (Lipinski definition) is 1. The highest BCUT2D eigenvalue weighted by atomic mass is 32.1. The van der Waals surface area contributed by atoms with Crippen LogP contribution >= 0.6 is 11.3 Å². The molecule has 0 fully saturated rings. The third-order valence-corrected chi connectivity index (χ3v) is 4.13. The van der Waals surface area contributed by atoms with E-state index >= 15 is 0 Å². The Hall–Kier alpha value is -1.55. The molecule has 0 radical (unpaired) electrons. The van der Waals surface area contributed by atoms with Crippen molar-refractivity contribution in [3.05, 3.63) is 45.9 Å². The maximum atomic E-state index is 13.0. The highest BCUT2D eigenvalue weighted by molar-refractivity contribution is 7.10. The van der Waals surface area contributed by atoms with E-state index in [0.717, 1.165) is 18.7 Å². The molecule has 0 saturated carbocycles. The van der Waals surface area contributed by atoms with Crippen molar-refractivity contribution in [2.75, 3.05) is 24.2 Å². The molecule has 0 aliphatic carbocycles. The van der Waals surface area contributed by atoms with Gasteiger partial charge in [0.2, 0.25) is 0 Å². The zero-order valence-electron chi connectivity index (χ0n) is 10.6. The highest BCUT2D eigenvalue weighted by Gasteiger charge is 2.07. The van der Waals surface area contributed by atoms with E-state index in [2.05, 4.69) is 23.3 Å². The Morgan fingerprint density at radius 1 is 1.33 bits per heavy atom. The van der Waals surface area contributed by atoms with E-state index in [1.807, 2.05) is 7.05 Å². The monoisotopic (exact) mass is 264 g/mol. The summed E-state index contributed by atoms with van der Waals surface area (Å²) >= 11 is 1.78. The number of aryl methyl sites for hydroxylation is 1. The van der Waals surface area contributed by atoms with Crippen LogP contribution in [0.2, 0.25) is 0 Å². The first-order valence-electron chi connectivity index (χ1n) is 5.87. The summed E-state index contributed by atoms with van der Waals surface area (Å²) in [4.78, 5) is 3.45. The number of hydrogen-bond acceptors (Lipinski definition) is 3. The second-order valence-corrected chi connectivity index (χ2v) is 5.40. The number of thiophene rings is 1. The van der Waals surface area contributed by atoms with Crippen molar-refractivity contribution >= 4 is 22.7 Å². The maximum absolute atomic E-state index is 13.0. The SMILES string of the molecule is Cc1ccsc1CCN(C)c1ccc(F)cc1N. The summed E-state index contributed by atoms with van der Waals surface area (Å²) in [7, 11) is 1.98. The van der Waals surface area contributed by atoms with Crippen LogP contribution < -0.4 is 10.6 Å². The lowest BCUT2D eigenvalue weighted by molar-refractivity contribution is 0.628. The predicted octanol–water partition coefficient (Wildman–Crippen LogP) is 3.46. The van der Waals surface area contributed by atoms with Crippen molar-refractivity contribution in [3.63, 3.8) is 0 Å². The van der Waals surface area contributed by atoms with Gasteiger partial charge in [-0.1, -0.05) is 0 Å². The second kappa shape index (κ2) is 5.40. The first-order chi connectivity index (χ1) is 8.58. The van der Waals surface area contributed by atoms with Crippen LogP contribution in [0.5, 0.6) is 0 Å². The van der Waals surface area contributed by atoms with Gasteiger partial charge in [0.15, 0.2) is 0 Å². The molecule has 18 heavy (non-hydrogen) atoms. The lowest BCUT2D eigenvalue weighted by Crippen LogP contribution is -2.21. The van der Waals surface area contributed by atoms with Crippen LogP contribution in [0, 0.1) is 12.7 Å². The fourth-order valence-electron chi connectivity index (χ4n) is 1.92. The fourth-order valence-corrected chi connectivity index (χ4v) is 2.82. The zero-order chi connectivity index (χ0) is 13.1. The molecule has 0 saturated heterocycles. The molecule has 0 unspecified atom stereocenters. The minimum Gasteiger partial charge on any atom is -0.397 e. The summed E-state index contributed by atoms with van der Waals surface area (Å²) in [5.41, 5.74) is 8.52. The number of nitrogens with zero attached hydrogens (tertiary/aromatic N) is 1. The highest BCUT2D eigenvalue weighted by Crippen LogP contribution is 2.24. The Kier molecular flexibility index (Phi) is 3.87. The van der Waals surface area contributed by atoms with Crippen molar-refractivity contribution in [1.82, 2.24) is 0 Å². The van der Waals surface area contributed by atoms with E-state index in [4.69, 9.17) is 5.73 Å². The Labute approximate surface area is 111 Å². The van der Waals surface area contributed by atoms with E-state index in [-0.39, 0.29) is 5.82 Å². The van der Waals surface area contributed by atoms with E-state index < -0.39 is 0 Å². The molecule has 4 heteroatoms. The lowest BCUT2D eigenvalue weighted by Gasteiger charge is -2.21. The molecule has 1 aromatic carbocycles. The third kappa shape index (κ3) is 2.82. The number of anilines is 2. The summed E-state index contributed by atoms with van der Waals surface area (Å²) in [6.07, 6.45) is 0.983. The third-order valence-electron chi connectivity index (χ3n) is 3.04. The Balaban J connectivity index is 2.03. The molecule has 0 amide bonds.